The van der Waals surface area contributed by atoms with E-state index in [2.05, 4.69) is 9.97 Å². The zero-order chi connectivity index (χ0) is 7.68. The number of aromatic nitrogens is 2. The van der Waals surface area contributed by atoms with Crippen LogP contribution in [0.25, 0.3) is 11.1 Å². The Morgan fingerprint density at radius 2 is 2.36 bits per heavy atom. The van der Waals surface area contributed by atoms with Gasteiger partial charge >= 0.3 is 0 Å². The molecule has 0 aliphatic carbocycles. The van der Waals surface area contributed by atoms with Gasteiger partial charge in [-0.1, -0.05) is 6.92 Å². The SMILES string of the molecule is CCc1ncnc2ccoc12. The first-order valence-electron chi connectivity index (χ1n) is 3.59. The highest BCUT2D eigenvalue weighted by molar-refractivity contribution is 5.73. The Morgan fingerprint density at radius 3 is 3.18 bits per heavy atom. The smallest absolute Gasteiger partial charge is 0.173 e. The quantitative estimate of drug-likeness (QED) is 0.618. The van der Waals surface area contributed by atoms with Gasteiger partial charge in [-0.05, 0) is 6.42 Å². The summed E-state index contributed by atoms with van der Waals surface area (Å²) in [6, 6.07) is 1.84. The van der Waals surface area contributed by atoms with E-state index >= 15 is 0 Å². The second-order valence-electron chi connectivity index (χ2n) is 2.31. The molecule has 2 aromatic rings. The number of nitrogens with zero attached hydrogens (tertiary/aromatic N) is 2. The average Bonchev–Trinajstić information content (AvgIpc) is 2.50. The highest BCUT2D eigenvalue weighted by Gasteiger charge is 2.02. The van der Waals surface area contributed by atoms with Crippen molar-refractivity contribution in [3.05, 3.63) is 24.4 Å². The standard InChI is InChI=1S/C8H8N2O/c1-2-6-8-7(3-4-11-8)10-5-9-6/h3-5H,2H2,1H3. The summed E-state index contributed by atoms with van der Waals surface area (Å²) in [6.45, 7) is 2.05. The summed E-state index contributed by atoms with van der Waals surface area (Å²) in [7, 11) is 0. The summed E-state index contributed by atoms with van der Waals surface area (Å²) in [6.07, 6.45) is 4.09. The molecule has 0 unspecified atom stereocenters. The third-order valence-electron chi connectivity index (χ3n) is 1.65. The van der Waals surface area contributed by atoms with Gasteiger partial charge in [-0.3, -0.25) is 0 Å². The predicted molar refractivity (Wildman–Crippen MR) is 41.2 cm³/mol. The van der Waals surface area contributed by atoms with Gasteiger partial charge in [0.15, 0.2) is 5.58 Å². The van der Waals surface area contributed by atoms with E-state index in [0.29, 0.717) is 0 Å². The topological polar surface area (TPSA) is 38.9 Å². The molecule has 0 fully saturated rings. The van der Waals surface area contributed by atoms with Crippen molar-refractivity contribution < 1.29 is 4.42 Å². The fourth-order valence-corrected chi connectivity index (χ4v) is 1.09. The van der Waals surface area contributed by atoms with Gasteiger partial charge < -0.3 is 4.42 Å². The van der Waals surface area contributed by atoms with Crippen LogP contribution in [0.5, 0.6) is 0 Å². The van der Waals surface area contributed by atoms with Crippen molar-refractivity contribution in [2.24, 2.45) is 0 Å². The zero-order valence-corrected chi connectivity index (χ0v) is 6.24. The number of aryl methyl sites for hydroxylation is 1. The van der Waals surface area contributed by atoms with E-state index in [9.17, 15) is 0 Å². The van der Waals surface area contributed by atoms with Crippen molar-refractivity contribution in [2.45, 2.75) is 13.3 Å². The first kappa shape index (κ1) is 6.34. The molecule has 2 heterocycles. The van der Waals surface area contributed by atoms with Gasteiger partial charge in [0, 0.05) is 6.07 Å². The van der Waals surface area contributed by atoms with Gasteiger partial charge in [-0.2, -0.15) is 0 Å². The van der Waals surface area contributed by atoms with Crippen LogP contribution in [0.3, 0.4) is 0 Å². The summed E-state index contributed by atoms with van der Waals surface area (Å²) >= 11 is 0. The van der Waals surface area contributed by atoms with Gasteiger partial charge in [0.05, 0.1) is 12.0 Å². The van der Waals surface area contributed by atoms with Crippen molar-refractivity contribution in [1.82, 2.24) is 9.97 Å². The molecule has 0 spiro atoms. The van der Waals surface area contributed by atoms with Gasteiger partial charge in [0.25, 0.3) is 0 Å². The molecule has 11 heavy (non-hydrogen) atoms. The maximum absolute atomic E-state index is 5.21. The third-order valence-corrected chi connectivity index (χ3v) is 1.65. The summed E-state index contributed by atoms with van der Waals surface area (Å²) < 4.78 is 5.21. The van der Waals surface area contributed by atoms with Crippen LogP contribution in [0.4, 0.5) is 0 Å². The van der Waals surface area contributed by atoms with E-state index in [4.69, 9.17) is 4.42 Å². The minimum absolute atomic E-state index is 0.815. The van der Waals surface area contributed by atoms with E-state index < -0.39 is 0 Å². The van der Waals surface area contributed by atoms with Crippen LogP contribution in [-0.2, 0) is 6.42 Å². The molecule has 0 aliphatic rings. The van der Waals surface area contributed by atoms with Crippen LogP contribution in [-0.4, -0.2) is 9.97 Å². The van der Waals surface area contributed by atoms with E-state index in [1.165, 1.54) is 0 Å². The lowest BCUT2D eigenvalue weighted by atomic mass is 10.3. The number of fused-ring (bicyclic) bond motifs is 1. The Hall–Kier alpha value is -1.38. The van der Waals surface area contributed by atoms with Gasteiger partial charge in [0.1, 0.15) is 11.8 Å². The van der Waals surface area contributed by atoms with Crippen LogP contribution in [0.15, 0.2) is 23.1 Å². The van der Waals surface area contributed by atoms with Crippen LogP contribution in [0, 0.1) is 0 Å². The van der Waals surface area contributed by atoms with Crippen molar-refractivity contribution in [3.8, 4) is 0 Å². The molecule has 56 valence electrons. The zero-order valence-electron chi connectivity index (χ0n) is 6.24. The number of hydrogen-bond donors (Lipinski definition) is 0. The summed E-state index contributed by atoms with van der Waals surface area (Å²) in [4.78, 5) is 8.14. The molecule has 0 aliphatic heterocycles. The van der Waals surface area contributed by atoms with Crippen molar-refractivity contribution in [3.63, 3.8) is 0 Å². The molecule has 2 aromatic heterocycles. The van der Waals surface area contributed by atoms with Gasteiger partial charge in [0.2, 0.25) is 0 Å². The van der Waals surface area contributed by atoms with E-state index in [1.807, 2.05) is 13.0 Å². The van der Waals surface area contributed by atoms with Crippen LogP contribution < -0.4 is 0 Å². The highest BCUT2D eigenvalue weighted by atomic mass is 16.3. The molecule has 0 saturated heterocycles. The van der Waals surface area contributed by atoms with Crippen molar-refractivity contribution in [2.75, 3.05) is 0 Å². The number of hydrogen-bond acceptors (Lipinski definition) is 3. The van der Waals surface area contributed by atoms with E-state index in [0.717, 1.165) is 23.2 Å². The van der Waals surface area contributed by atoms with Crippen LogP contribution in [0.2, 0.25) is 0 Å². The molecule has 0 amide bonds. The minimum Gasteiger partial charge on any atom is -0.461 e. The monoisotopic (exact) mass is 148 g/mol. The Labute approximate surface area is 64.1 Å². The molecular weight excluding hydrogens is 140 g/mol. The minimum atomic E-state index is 0.815. The average molecular weight is 148 g/mol. The Bertz CT molecular complexity index is 367. The summed E-state index contributed by atoms with van der Waals surface area (Å²) in [5, 5.41) is 0. The molecule has 0 aromatic carbocycles. The molecule has 0 bridgehead atoms. The Kier molecular flexibility index (Phi) is 1.35. The molecule has 3 heteroatoms. The lowest BCUT2D eigenvalue weighted by Crippen LogP contribution is -1.87. The maximum Gasteiger partial charge on any atom is 0.173 e. The van der Waals surface area contributed by atoms with Crippen molar-refractivity contribution >= 4 is 11.1 Å². The van der Waals surface area contributed by atoms with Crippen molar-refractivity contribution in [1.29, 1.82) is 0 Å². The first-order chi connectivity index (χ1) is 5.42. The molecule has 0 radical (unpaired) electrons. The summed E-state index contributed by atoms with van der Waals surface area (Å²) in [5.74, 6) is 0. The van der Waals surface area contributed by atoms with Gasteiger partial charge in [-0.25, -0.2) is 9.97 Å². The number of furan rings is 1. The van der Waals surface area contributed by atoms with Crippen LogP contribution >= 0.6 is 0 Å². The lowest BCUT2D eigenvalue weighted by molar-refractivity contribution is 0.607. The fourth-order valence-electron chi connectivity index (χ4n) is 1.09. The first-order valence-corrected chi connectivity index (χ1v) is 3.59. The largest absolute Gasteiger partial charge is 0.461 e. The second kappa shape index (κ2) is 2.34. The maximum atomic E-state index is 5.21. The third kappa shape index (κ3) is 0.888. The molecular formula is C8H8N2O. The highest BCUT2D eigenvalue weighted by Crippen LogP contribution is 2.14. The molecule has 0 saturated carbocycles. The predicted octanol–water partition coefficient (Wildman–Crippen LogP) is 1.79. The molecule has 0 atom stereocenters. The second-order valence-corrected chi connectivity index (χ2v) is 2.31. The van der Waals surface area contributed by atoms with Gasteiger partial charge in [-0.15, -0.1) is 0 Å². The Balaban J connectivity index is 2.79. The normalized spacial score (nSPS) is 10.6. The summed E-state index contributed by atoms with van der Waals surface area (Å²) in [5.41, 5.74) is 2.67. The Morgan fingerprint density at radius 1 is 1.45 bits per heavy atom. The van der Waals surface area contributed by atoms with Crippen LogP contribution in [0.1, 0.15) is 12.6 Å². The fraction of sp³-hybridized carbons (Fsp3) is 0.250. The molecule has 3 nitrogen and oxygen atoms in total. The van der Waals surface area contributed by atoms with E-state index in [-0.39, 0.29) is 0 Å². The lowest BCUT2D eigenvalue weighted by Gasteiger charge is -1.93. The number of rotatable bonds is 1. The van der Waals surface area contributed by atoms with E-state index in [1.54, 1.807) is 12.6 Å². The molecule has 0 N–H and O–H groups in total. The molecule has 2 rings (SSSR count).